The maximum Gasteiger partial charge on any atom is 0.0751 e. The standard InChI is InChI=1S/C11H14ClNO/c12-10-2-1-3-11(13)9(10)7-14-6-8-4-5-8/h1-3,8H,4-7,13H2. The van der Waals surface area contributed by atoms with Gasteiger partial charge < -0.3 is 10.5 Å². The van der Waals surface area contributed by atoms with Crippen molar-refractivity contribution in [3.05, 3.63) is 28.8 Å². The smallest absolute Gasteiger partial charge is 0.0751 e. The molecule has 0 aromatic heterocycles. The maximum absolute atomic E-state index is 6.00. The first-order valence-corrected chi connectivity index (χ1v) is 5.26. The summed E-state index contributed by atoms with van der Waals surface area (Å²) in [6.07, 6.45) is 2.61. The lowest BCUT2D eigenvalue weighted by molar-refractivity contribution is 0.111. The number of nitrogens with two attached hydrogens (primary N) is 1. The molecule has 0 aliphatic heterocycles. The van der Waals surface area contributed by atoms with Gasteiger partial charge in [-0.15, -0.1) is 0 Å². The van der Waals surface area contributed by atoms with E-state index in [0.717, 1.165) is 18.1 Å². The molecule has 1 aromatic rings. The molecule has 1 saturated carbocycles. The van der Waals surface area contributed by atoms with Crippen molar-refractivity contribution < 1.29 is 4.74 Å². The molecule has 2 rings (SSSR count). The van der Waals surface area contributed by atoms with Crippen LogP contribution in [0.15, 0.2) is 18.2 Å². The fourth-order valence-electron chi connectivity index (χ4n) is 1.34. The molecular formula is C11H14ClNO. The molecule has 0 amide bonds. The predicted molar refractivity (Wildman–Crippen MR) is 58.2 cm³/mol. The van der Waals surface area contributed by atoms with Gasteiger partial charge in [0.05, 0.1) is 6.61 Å². The van der Waals surface area contributed by atoms with Crippen LogP contribution in [0, 0.1) is 5.92 Å². The van der Waals surface area contributed by atoms with E-state index in [2.05, 4.69) is 0 Å². The van der Waals surface area contributed by atoms with Crippen molar-refractivity contribution in [3.63, 3.8) is 0 Å². The average molecular weight is 212 g/mol. The molecule has 0 unspecified atom stereocenters. The van der Waals surface area contributed by atoms with Gasteiger partial charge in [-0.2, -0.15) is 0 Å². The van der Waals surface area contributed by atoms with Gasteiger partial charge in [-0.05, 0) is 30.9 Å². The van der Waals surface area contributed by atoms with Gasteiger partial charge >= 0.3 is 0 Å². The van der Waals surface area contributed by atoms with Gasteiger partial charge in [-0.3, -0.25) is 0 Å². The molecule has 0 saturated heterocycles. The molecule has 1 fully saturated rings. The first-order valence-electron chi connectivity index (χ1n) is 4.88. The van der Waals surface area contributed by atoms with Crippen LogP contribution in [0.4, 0.5) is 5.69 Å². The van der Waals surface area contributed by atoms with Crippen LogP contribution in [-0.2, 0) is 11.3 Å². The van der Waals surface area contributed by atoms with Gasteiger partial charge in [0, 0.05) is 22.9 Å². The SMILES string of the molecule is Nc1cccc(Cl)c1COCC1CC1. The highest BCUT2D eigenvalue weighted by molar-refractivity contribution is 6.31. The predicted octanol–water partition coefficient (Wildman–Crippen LogP) is 2.85. The van der Waals surface area contributed by atoms with Gasteiger partial charge in [-0.1, -0.05) is 17.7 Å². The highest BCUT2D eigenvalue weighted by Gasteiger charge is 2.21. The molecule has 0 bridgehead atoms. The van der Waals surface area contributed by atoms with Crippen LogP contribution in [0.25, 0.3) is 0 Å². The quantitative estimate of drug-likeness (QED) is 0.778. The fraction of sp³-hybridized carbons (Fsp3) is 0.455. The number of hydrogen-bond acceptors (Lipinski definition) is 2. The van der Waals surface area contributed by atoms with Crippen molar-refractivity contribution in [2.75, 3.05) is 12.3 Å². The van der Waals surface area contributed by atoms with Crippen LogP contribution in [-0.4, -0.2) is 6.61 Å². The Morgan fingerprint density at radius 2 is 2.21 bits per heavy atom. The van der Waals surface area contributed by atoms with Gasteiger partial charge in [0.25, 0.3) is 0 Å². The first-order chi connectivity index (χ1) is 6.77. The van der Waals surface area contributed by atoms with Crippen LogP contribution in [0.3, 0.4) is 0 Å². The van der Waals surface area contributed by atoms with E-state index in [1.807, 2.05) is 18.2 Å². The third kappa shape index (κ3) is 2.40. The first kappa shape index (κ1) is 9.81. The van der Waals surface area contributed by atoms with E-state index in [-0.39, 0.29) is 0 Å². The van der Waals surface area contributed by atoms with E-state index < -0.39 is 0 Å². The third-order valence-electron chi connectivity index (χ3n) is 2.45. The largest absolute Gasteiger partial charge is 0.398 e. The molecule has 14 heavy (non-hydrogen) atoms. The van der Waals surface area contributed by atoms with Crippen molar-refractivity contribution in [1.82, 2.24) is 0 Å². The highest BCUT2D eigenvalue weighted by Crippen LogP contribution is 2.30. The number of hydrogen-bond donors (Lipinski definition) is 1. The fourth-order valence-corrected chi connectivity index (χ4v) is 1.58. The second-order valence-electron chi connectivity index (χ2n) is 3.77. The molecule has 0 heterocycles. The Bertz CT molecular complexity index is 303. The maximum atomic E-state index is 6.00. The van der Waals surface area contributed by atoms with Crippen molar-refractivity contribution in [2.45, 2.75) is 19.4 Å². The lowest BCUT2D eigenvalue weighted by Crippen LogP contribution is -2.01. The molecule has 1 aliphatic carbocycles. The van der Waals surface area contributed by atoms with Crippen molar-refractivity contribution >= 4 is 17.3 Å². The minimum Gasteiger partial charge on any atom is -0.398 e. The summed E-state index contributed by atoms with van der Waals surface area (Å²) in [5.74, 6) is 0.777. The zero-order valence-corrected chi connectivity index (χ0v) is 8.76. The minimum absolute atomic E-state index is 0.530. The van der Waals surface area contributed by atoms with Crippen molar-refractivity contribution in [2.24, 2.45) is 5.92 Å². The number of nitrogen functional groups attached to an aromatic ring is 1. The highest BCUT2D eigenvalue weighted by atomic mass is 35.5. The van der Waals surface area contributed by atoms with E-state index in [9.17, 15) is 0 Å². The summed E-state index contributed by atoms with van der Waals surface area (Å²) in [5, 5.41) is 0.695. The van der Waals surface area contributed by atoms with Gasteiger partial charge in [-0.25, -0.2) is 0 Å². The normalized spacial score (nSPS) is 15.8. The molecule has 0 spiro atoms. The van der Waals surface area contributed by atoms with Crippen LogP contribution in [0.1, 0.15) is 18.4 Å². The monoisotopic (exact) mass is 211 g/mol. The number of halogens is 1. The van der Waals surface area contributed by atoms with E-state index in [4.69, 9.17) is 22.1 Å². The van der Waals surface area contributed by atoms with E-state index in [0.29, 0.717) is 17.3 Å². The summed E-state index contributed by atoms with van der Waals surface area (Å²) in [6, 6.07) is 5.54. The zero-order chi connectivity index (χ0) is 9.97. The second-order valence-corrected chi connectivity index (χ2v) is 4.17. The Labute approximate surface area is 89.0 Å². The van der Waals surface area contributed by atoms with Gasteiger partial charge in [0.1, 0.15) is 0 Å². The van der Waals surface area contributed by atoms with Crippen molar-refractivity contribution in [3.8, 4) is 0 Å². The van der Waals surface area contributed by atoms with Crippen LogP contribution >= 0.6 is 11.6 Å². The average Bonchev–Trinajstić information content (AvgIpc) is 2.94. The Hall–Kier alpha value is -0.730. The molecular weight excluding hydrogens is 198 g/mol. The summed E-state index contributed by atoms with van der Waals surface area (Å²) >= 11 is 6.00. The Morgan fingerprint density at radius 3 is 2.86 bits per heavy atom. The summed E-state index contributed by atoms with van der Waals surface area (Å²) in [5.41, 5.74) is 7.42. The number of ether oxygens (including phenoxy) is 1. The zero-order valence-electron chi connectivity index (χ0n) is 8.00. The molecule has 0 atom stereocenters. The molecule has 76 valence electrons. The van der Waals surface area contributed by atoms with Crippen LogP contribution < -0.4 is 5.73 Å². The Kier molecular flexibility index (Phi) is 2.94. The summed E-state index contributed by atoms with van der Waals surface area (Å²) < 4.78 is 5.54. The molecule has 0 radical (unpaired) electrons. The topological polar surface area (TPSA) is 35.2 Å². The van der Waals surface area contributed by atoms with E-state index in [1.54, 1.807) is 0 Å². The summed E-state index contributed by atoms with van der Waals surface area (Å²) in [7, 11) is 0. The molecule has 3 heteroatoms. The second kappa shape index (κ2) is 4.20. The van der Waals surface area contributed by atoms with Gasteiger partial charge in [0.2, 0.25) is 0 Å². The van der Waals surface area contributed by atoms with E-state index in [1.165, 1.54) is 12.8 Å². The summed E-state index contributed by atoms with van der Waals surface area (Å²) in [4.78, 5) is 0. The van der Waals surface area contributed by atoms with Gasteiger partial charge in [0.15, 0.2) is 0 Å². The third-order valence-corrected chi connectivity index (χ3v) is 2.81. The molecule has 2 N–H and O–H groups in total. The summed E-state index contributed by atoms with van der Waals surface area (Å²) in [6.45, 7) is 1.37. The minimum atomic E-state index is 0.530. The Morgan fingerprint density at radius 1 is 1.43 bits per heavy atom. The lowest BCUT2D eigenvalue weighted by Gasteiger charge is -2.08. The van der Waals surface area contributed by atoms with Crippen molar-refractivity contribution in [1.29, 1.82) is 0 Å². The molecule has 1 aromatic carbocycles. The number of rotatable bonds is 4. The lowest BCUT2D eigenvalue weighted by atomic mass is 10.2. The van der Waals surface area contributed by atoms with Crippen LogP contribution in [0.2, 0.25) is 5.02 Å². The van der Waals surface area contributed by atoms with E-state index >= 15 is 0 Å². The molecule has 1 aliphatic rings. The Balaban J connectivity index is 1.92. The number of anilines is 1. The number of benzene rings is 1. The van der Waals surface area contributed by atoms with Crippen LogP contribution in [0.5, 0.6) is 0 Å². The molecule has 2 nitrogen and oxygen atoms in total.